The first kappa shape index (κ1) is 29.3. The van der Waals surface area contributed by atoms with Crippen molar-refractivity contribution in [2.75, 3.05) is 34.5 Å². The third-order valence-electron chi connectivity index (χ3n) is 8.48. The Labute approximate surface area is 266 Å². The van der Waals surface area contributed by atoms with Crippen molar-refractivity contribution in [3.63, 3.8) is 0 Å². The number of ether oxygens (including phenoxy) is 7. The first-order valence-corrected chi connectivity index (χ1v) is 15.0. The highest BCUT2D eigenvalue weighted by atomic mass is 16.5. The summed E-state index contributed by atoms with van der Waals surface area (Å²) in [7, 11) is 4.70. The van der Waals surface area contributed by atoms with Gasteiger partial charge >= 0.3 is 5.97 Å². The third-order valence-corrected chi connectivity index (χ3v) is 8.48. The maximum Gasteiger partial charge on any atom is 0.312 e. The zero-order valence-corrected chi connectivity index (χ0v) is 25.7. The maximum absolute atomic E-state index is 13.5. The molecule has 9 nitrogen and oxygen atoms in total. The Kier molecular flexibility index (Phi) is 7.74. The smallest absolute Gasteiger partial charge is 0.312 e. The minimum absolute atomic E-state index is 0.0682. The van der Waals surface area contributed by atoms with Crippen LogP contribution >= 0.6 is 0 Å². The third kappa shape index (κ3) is 5.38. The van der Waals surface area contributed by atoms with Gasteiger partial charge in [0.1, 0.15) is 17.2 Å². The Morgan fingerprint density at radius 2 is 1.59 bits per heavy atom. The summed E-state index contributed by atoms with van der Waals surface area (Å²) in [4.78, 5) is 26.3. The lowest BCUT2D eigenvalue weighted by atomic mass is 9.84. The molecule has 4 aromatic rings. The maximum atomic E-state index is 13.5. The predicted octanol–water partition coefficient (Wildman–Crippen LogP) is 6.33. The number of rotatable bonds is 9. The molecule has 1 atom stereocenters. The standard InChI is InChI=1S/C37H32O9/c1-40-28-9-5-22(17-31(28)42-3)18-33-36(39)25-7-11-30-35(37(25)46-33)26(20-34(38)45-30)23-6-10-29(41-2)32(19-23)44-14-12-21-4-8-27-24(16-21)13-15-43-27/h4-11,16-19,26H,12-15,20H2,1-3H3/b33-18-/t26-/m0/s1. The van der Waals surface area contributed by atoms with Gasteiger partial charge in [0.15, 0.2) is 28.8 Å². The molecule has 3 aliphatic rings. The van der Waals surface area contributed by atoms with Crippen LogP contribution < -0.4 is 33.2 Å². The molecule has 0 saturated heterocycles. The van der Waals surface area contributed by atoms with Gasteiger partial charge in [0, 0.05) is 24.3 Å². The highest BCUT2D eigenvalue weighted by molar-refractivity contribution is 6.15. The zero-order chi connectivity index (χ0) is 31.8. The molecule has 4 aromatic carbocycles. The van der Waals surface area contributed by atoms with Gasteiger partial charge in [-0.1, -0.05) is 24.3 Å². The Morgan fingerprint density at radius 1 is 0.804 bits per heavy atom. The summed E-state index contributed by atoms with van der Waals surface area (Å²) < 4.78 is 40.1. The predicted molar refractivity (Wildman–Crippen MR) is 169 cm³/mol. The quantitative estimate of drug-likeness (QED) is 0.121. The number of ketones is 1. The van der Waals surface area contributed by atoms with Crippen LogP contribution in [0.1, 0.15) is 50.5 Å². The molecule has 3 heterocycles. The van der Waals surface area contributed by atoms with E-state index >= 15 is 0 Å². The van der Waals surface area contributed by atoms with Gasteiger partial charge in [-0.25, -0.2) is 0 Å². The van der Waals surface area contributed by atoms with E-state index in [0.29, 0.717) is 64.2 Å². The first-order chi connectivity index (χ1) is 22.4. The van der Waals surface area contributed by atoms with Gasteiger partial charge in [-0.15, -0.1) is 0 Å². The van der Waals surface area contributed by atoms with Crippen LogP contribution in [-0.4, -0.2) is 46.3 Å². The Balaban J connectivity index is 1.18. The van der Waals surface area contributed by atoms with Crippen molar-refractivity contribution in [3.05, 3.63) is 106 Å². The highest BCUT2D eigenvalue weighted by Gasteiger charge is 2.39. The molecule has 0 bridgehead atoms. The topological polar surface area (TPSA) is 98.8 Å². The van der Waals surface area contributed by atoms with E-state index in [-0.39, 0.29) is 23.9 Å². The van der Waals surface area contributed by atoms with Crippen molar-refractivity contribution < 1.29 is 42.7 Å². The van der Waals surface area contributed by atoms with Crippen LogP contribution in [0.2, 0.25) is 0 Å². The summed E-state index contributed by atoms with van der Waals surface area (Å²) in [5.41, 5.74) is 4.93. The van der Waals surface area contributed by atoms with Gasteiger partial charge in [0.25, 0.3) is 0 Å². The summed E-state index contributed by atoms with van der Waals surface area (Å²) in [5.74, 6) is 3.01. The molecule has 0 spiro atoms. The number of allylic oxidation sites excluding steroid dienone is 1. The second-order valence-electron chi connectivity index (χ2n) is 11.2. The Bertz CT molecular complexity index is 1890. The number of fused-ring (bicyclic) bond motifs is 4. The second-order valence-corrected chi connectivity index (χ2v) is 11.2. The molecule has 46 heavy (non-hydrogen) atoms. The monoisotopic (exact) mass is 620 g/mol. The lowest BCUT2D eigenvalue weighted by Gasteiger charge is -2.27. The largest absolute Gasteiger partial charge is 0.493 e. The van der Waals surface area contributed by atoms with Gasteiger partial charge in [0.05, 0.1) is 46.5 Å². The van der Waals surface area contributed by atoms with E-state index in [4.69, 9.17) is 33.2 Å². The number of hydrogen-bond acceptors (Lipinski definition) is 9. The molecule has 0 unspecified atom stereocenters. The van der Waals surface area contributed by atoms with E-state index < -0.39 is 5.92 Å². The van der Waals surface area contributed by atoms with Crippen molar-refractivity contribution in [3.8, 4) is 40.2 Å². The van der Waals surface area contributed by atoms with Crippen molar-refractivity contribution >= 4 is 17.8 Å². The number of carbonyl (C=O) groups is 2. The van der Waals surface area contributed by atoms with Gasteiger partial charge in [-0.2, -0.15) is 0 Å². The fourth-order valence-electron chi connectivity index (χ4n) is 6.18. The second kappa shape index (κ2) is 12.2. The van der Waals surface area contributed by atoms with Gasteiger partial charge in [-0.3, -0.25) is 9.59 Å². The van der Waals surface area contributed by atoms with Crippen molar-refractivity contribution in [1.82, 2.24) is 0 Å². The number of benzene rings is 4. The molecule has 0 N–H and O–H groups in total. The van der Waals surface area contributed by atoms with E-state index in [9.17, 15) is 9.59 Å². The van der Waals surface area contributed by atoms with Crippen LogP contribution in [0.15, 0.2) is 72.5 Å². The Hall–Kier alpha value is -5.44. The first-order valence-electron chi connectivity index (χ1n) is 15.0. The molecular weight excluding hydrogens is 588 g/mol. The van der Waals surface area contributed by atoms with Crippen LogP contribution in [0.4, 0.5) is 0 Å². The van der Waals surface area contributed by atoms with Gasteiger partial charge in [0.2, 0.25) is 5.78 Å². The Morgan fingerprint density at radius 3 is 2.41 bits per heavy atom. The van der Waals surface area contributed by atoms with E-state index in [0.717, 1.165) is 29.9 Å². The molecule has 0 aliphatic carbocycles. The van der Waals surface area contributed by atoms with Crippen molar-refractivity contribution in [2.24, 2.45) is 0 Å². The average molecular weight is 621 g/mol. The van der Waals surface area contributed by atoms with Crippen LogP contribution in [0, 0.1) is 0 Å². The SMILES string of the molecule is COc1ccc(/C=C2\Oc3c(ccc4c3[C@H](c3ccc(OC)c(OCCc5ccc6c(c5)CCO6)c3)CC(=O)O4)C2=O)cc1OC. The summed E-state index contributed by atoms with van der Waals surface area (Å²) in [6.07, 6.45) is 3.35. The van der Waals surface area contributed by atoms with Crippen LogP contribution in [0.3, 0.4) is 0 Å². The molecule has 3 aliphatic heterocycles. The van der Waals surface area contributed by atoms with Gasteiger partial charge in [-0.05, 0) is 70.8 Å². The molecule has 7 rings (SSSR count). The van der Waals surface area contributed by atoms with E-state index in [1.807, 2.05) is 30.3 Å². The van der Waals surface area contributed by atoms with E-state index in [2.05, 4.69) is 12.1 Å². The lowest BCUT2D eigenvalue weighted by Crippen LogP contribution is -2.21. The molecule has 0 fully saturated rings. The lowest BCUT2D eigenvalue weighted by molar-refractivity contribution is -0.135. The number of esters is 1. The number of hydrogen-bond donors (Lipinski definition) is 0. The van der Waals surface area contributed by atoms with Crippen LogP contribution in [0.5, 0.6) is 40.2 Å². The number of methoxy groups -OCH3 is 3. The summed E-state index contributed by atoms with van der Waals surface area (Å²) in [6, 6.07) is 20.5. The van der Waals surface area contributed by atoms with Crippen LogP contribution in [-0.2, 0) is 17.6 Å². The summed E-state index contributed by atoms with van der Waals surface area (Å²) in [5, 5.41) is 0. The molecule has 0 aromatic heterocycles. The minimum Gasteiger partial charge on any atom is -0.493 e. The van der Waals surface area contributed by atoms with Crippen molar-refractivity contribution in [1.29, 1.82) is 0 Å². The molecule has 0 radical (unpaired) electrons. The zero-order valence-electron chi connectivity index (χ0n) is 25.7. The van der Waals surface area contributed by atoms with E-state index in [1.54, 1.807) is 51.7 Å². The fourth-order valence-corrected chi connectivity index (χ4v) is 6.18. The molecular formula is C37H32O9. The fraction of sp³-hybridized carbons (Fsp3) is 0.243. The normalized spacial score (nSPS) is 16.9. The number of carbonyl (C=O) groups excluding carboxylic acids is 2. The average Bonchev–Trinajstić information content (AvgIpc) is 3.67. The number of Topliss-reactive ketones (excluding diaryl/α,β-unsaturated/α-hetero) is 1. The van der Waals surface area contributed by atoms with Gasteiger partial charge < -0.3 is 33.2 Å². The van der Waals surface area contributed by atoms with Crippen LogP contribution in [0.25, 0.3) is 6.08 Å². The van der Waals surface area contributed by atoms with E-state index in [1.165, 1.54) is 5.56 Å². The molecule has 0 amide bonds. The molecule has 9 heteroatoms. The van der Waals surface area contributed by atoms with Crippen molar-refractivity contribution in [2.45, 2.75) is 25.2 Å². The summed E-state index contributed by atoms with van der Waals surface area (Å²) >= 11 is 0. The summed E-state index contributed by atoms with van der Waals surface area (Å²) in [6.45, 7) is 1.15. The molecule has 234 valence electrons. The highest BCUT2D eigenvalue weighted by Crippen LogP contribution is 2.50. The molecule has 0 saturated carbocycles. The minimum atomic E-state index is -0.440.